The molecule has 32 heavy (non-hydrogen) atoms. The van der Waals surface area contributed by atoms with Crippen molar-refractivity contribution < 1.29 is 38.7 Å². The van der Waals surface area contributed by atoms with Gasteiger partial charge in [-0.05, 0) is 58.9 Å². The van der Waals surface area contributed by atoms with E-state index < -0.39 is 36.4 Å². The van der Waals surface area contributed by atoms with Crippen LogP contribution in [-0.4, -0.2) is 78.5 Å². The topological polar surface area (TPSA) is 124 Å². The molecule has 1 heterocycles. The van der Waals surface area contributed by atoms with Crippen LogP contribution in [0.4, 0.5) is 10.5 Å². The molecule has 1 aromatic carbocycles. The minimum atomic E-state index is -1.10. The number of hydrogen-bond donors (Lipinski definition) is 3. The van der Waals surface area contributed by atoms with Crippen molar-refractivity contribution in [2.75, 3.05) is 25.1 Å². The summed E-state index contributed by atoms with van der Waals surface area (Å²) in [6.07, 6.45) is -4.45. The second-order valence-corrected chi connectivity index (χ2v) is 8.44. The summed E-state index contributed by atoms with van der Waals surface area (Å²) in [5, 5.41) is 23.0. The van der Waals surface area contributed by atoms with Gasteiger partial charge in [-0.3, -0.25) is 10.1 Å². The van der Waals surface area contributed by atoms with Gasteiger partial charge >= 0.3 is 6.09 Å². The molecule has 3 N–H and O–H groups in total. The van der Waals surface area contributed by atoms with Crippen LogP contribution in [0, 0.1) is 5.92 Å². The largest absolute Gasteiger partial charge is 0.443 e. The fourth-order valence-electron chi connectivity index (χ4n) is 3.42. The molecule has 9 nitrogen and oxygen atoms in total. The van der Waals surface area contributed by atoms with Crippen LogP contribution in [0.15, 0.2) is 24.3 Å². The van der Waals surface area contributed by atoms with E-state index in [1.165, 1.54) is 6.92 Å². The Morgan fingerprint density at radius 2 is 1.62 bits per heavy atom. The first kappa shape index (κ1) is 26.2. The molecule has 180 valence electrons. The van der Waals surface area contributed by atoms with E-state index in [0.717, 1.165) is 0 Å². The lowest BCUT2D eigenvalue weighted by atomic mass is 9.86. The molecule has 1 amide bonds. The Hall–Kier alpha value is -2.04. The van der Waals surface area contributed by atoms with Gasteiger partial charge in [0.15, 0.2) is 5.78 Å². The number of Topliss-reactive ketones (excluding diaryl/α,β-unsaturated/α-hetero) is 1. The van der Waals surface area contributed by atoms with Gasteiger partial charge in [-0.2, -0.15) is 0 Å². The number of carbonyl (C=O) groups is 2. The Kier molecular flexibility index (Phi) is 10.0. The zero-order valence-electron chi connectivity index (χ0n) is 19.3. The maximum Gasteiger partial charge on any atom is 0.412 e. The molecule has 2 rings (SSSR count). The van der Waals surface area contributed by atoms with Crippen molar-refractivity contribution in [3.63, 3.8) is 0 Å². The minimum Gasteiger partial charge on any atom is -0.443 e. The van der Waals surface area contributed by atoms with Gasteiger partial charge in [0.2, 0.25) is 0 Å². The SMILES string of the molecule is CC(=O)c1ccc(NC(=O)OC2C(COC(C)C)OC(CO)C(O)C2COC(C)C)cc1. The Labute approximate surface area is 189 Å². The van der Waals surface area contributed by atoms with Gasteiger partial charge in [-0.25, -0.2) is 4.79 Å². The molecule has 0 bridgehead atoms. The van der Waals surface area contributed by atoms with Crippen molar-refractivity contribution in [1.82, 2.24) is 0 Å². The number of anilines is 1. The Morgan fingerprint density at radius 1 is 1.03 bits per heavy atom. The first-order valence-electron chi connectivity index (χ1n) is 10.9. The van der Waals surface area contributed by atoms with Gasteiger partial charge in [0.1, 0.15) is 18.3 Å². The van der Waals surface area contributed by atoms with Gasteiger partial charge in [0.05, 0.1) is 44.1 Å². The van der Waals surface area contributed by atoms with Crippen LogP contribution >= 0.6 is 0 Å². The number of carbonyl (C=O) groups excluding carboxylic acids is 2. The lowest BCUT2D eigenvalue weighted by Crippen LogP contribution is -2.59. The predicted octanol–water partition coefficient (Wildman–Crippen LogP) is 2.39. The van der Waals surface area contributed by atoms with Crippen molar-refractivity contribution in [1.29, 1.82) is 0 Å². The normalized spacial score (nSPS) is 25.7. The minimum absolute atomic E-state index is 0.0769. The van der Waals surface area contributed by atoms with Crippen LogP contribution in [0.2, 0.25) is 0 Å². The number of aliphatic hydroxyl groups excluding tert-OH is 2. The fraction of sp³-hybridized carbons (Fsp3) is 0.652. The van der Waals surface area contributed by atoms with E-state index in [2.05, 4.69) is 5.32 Å². The highest BCUT2D eigenvalue weighted by molar-refractivity contribution is 5.94. The lowest BCUT2D eigenvalue weighted by molar-refractivity contribution is -0.231. The van der Waals surface area contributed by atoms with Crippen molar-refractivity contribution in [2.45, 2.75) is 71.2 Å². The summed E-state index contributed by atoms with van der Waals surface area (Å²) in [4.78, 5) is 24.1. The first-order valence-corrected chi connectivity index (χ1v) is 10.9. The van der Waals surface area contributed by atoms with Crippen molar-refractivity contribution >= 4 is 17.6 Å². The van der Waals surface area contributed by atoms with E-state index in [1.807, 2.05) is 27.7 Å². The van der Waals surface area contributed by atoms with Gasteiger partial charge in [0, 0.05) is 11.3 Å². The summed E-state index contributed by atoms with van der Waals surface area (Å²) in [6, 6.07) is 6.42. The van der Waals surface area contributed by atoms with E-state index in [1.54, 1.807) is 24.3 Å². The number of hydrogen-bond acceptors (Lipinski definition) is 8. The highest BCUT2D eigenvalue weighted by Crippen LogP contribution is 2.30. The predicted molar refractivity (Wildman–Crippen MR) is 118 cm³/mol. The van der Waals surface area contributed by atoms with Gasteiger partial charge in [0.25, 0.3) is 0 Å². The van der Waals surface area contributed by atoms with Crippen LogP contribution in [0.1, 0.15) is 45.0 Å². The smallest absolute Gasteiger partial charge is 0.412 e. The Bertz CT molecular complexity index is 736. The molecule has 1 fully saturated rings. The molecule has 0 aliphatic carbocycles. The third kappa shape index (κ3) is 7.53. The Morgan fingerprint density at radius 3 is 2.16 bits per heavy atom. The Balaban J connectivity index is 2.18. The molecule has 1 aliphatic heterocycles. The molecule has 0 spiro atoms. The van der Waals surface area contributed by atoms with Crippen LogP contribution < -0.4 is 5.32 Å². The number of ether oxygens (including phenoxy) is 4. The number of ketones is 1. The maximum atomic E-state index is 12.7. The fourth-order valence-corrected chi connectivity index (χ4v) is 3.42. The highest BCUT2D eigenvalue weighted by atomic mass is 16.6. The third-order valence-electron chi connectivity index (χ3n) is 5.13. The van der Waals surface area contributed by atoms with E-state index in [4.69, 9.17) is 18.9 Å². The van der Waals surface area contributed by atoms with Gasteiger partial charge < -0.3 is 29.2 Å². The maximum absolute atomic E-state index is 12.7. The molecule has 0 saturated carbocycles. The summed E-state index contributed by atoms with van der Waals surface area (Å²) in [7, 11) is 0. The average Bonchev–Trinajstić information content (AvgIpc) is 2.72. The number of amides is 1. The van der Waals surface area contributed by atoms with Crippen LogP contribution in [0.3, 0.4) is 0 Å². The molecule has 1 aliphatic rings. The van der Waals surface area contributed by atoms with Crippen LogP contribution in [0.25, 0.3) is 0 Å². The summed E-state index contributed by atoms with van der Waals surface area (Å²) in [5.74, 6) is -0.707. The second kappa shape index (κ2) is 12.3. The molecule has 1 aromatic rings. The van der Waals surface area contributed by atoms with Gasteiger partial charge in [-0.1, -0.05) is 0 Å². The molecule has 9 heteroatoms. The van der Waals surface area contributed by atoms with Crippen LogP contribution in [0.5, 0.6) is 0 Å². The zero-order chi connectivity index (χ0) is 23.8. The second-order valence-electron chi connectivity index (χ2n) is 8.44. The van der Waals surface area contributed by atoms with E-state index in [9.17, 15) is 19.8 Å². The summed E-state index contributed by atoms with van der Waals surface area (Å²) >= 11 is 0. The molecule has 5 unspecified atom stereocenters. The van der Waals surface area contributed by atoms with E-state index >= 15 is 0 Å². The van der Waals surface area contributed by atoms with E-state index in [0.29, 0.717) is 11.3 Å². The number of benzene rings is 1. The summed E-state index contributed by atoms with van der Waals surface area (Å²) < 4.78 is 22.9. The lowest BCUT2D eigenvalue weighted by Gasteiger charge is -2.44. The standard InChI is InChI=1S/C23H35NO8/c1-13(2)29-11-18-21(27)19(10-25)31-20(12-30-14(3)4)22(18)32-23(28)24-17-8-6-16(7-9-17)15(5)26/h6-9,13-14,18-22,25,27H,10-12H2,1-5H3,(H,24,28). The molecular formula is C23H35NO8. The number of aliphatic hydroxyl groups is 2. The van der Waals surface area contributed by atoms with Crippen molar-refractivity contribution in [2.24, 2.45) is 5.92 Å². The third-order valence-corrected chi connectivity index (χ3v) is 5.13. The molecule has 0 radical (unpaired) electrons. The molecule has 5 atom stereocenters. The number of nitrogens with one attached hydrogen (secondary N) is 1. The summed E-state index contributed by atoms with van der Waals surface area (Å²) in [6.45, 7) is 8.76. The van der Waals surface area contributed by atoms with Gasteiger partial charge in [-0.15, -0.1) is 0 Å². The highest BCUT2D eigenvalue weighted by Gasteiger charge is 2.47. The average molecular weight is 454 g/mol. The molecule has 1 saturated heterocycles. The number of rotatable bonds is 10. The monoisotopic (exact) mass is 453 g/mol. The quantitative estimate of drug-likeness (QED) is 0.462. The first-order chi connectivity index (χ1) is 15.1. The molecular weight excluding hydrogens is 418 g/mol. The van der Waals surface area contributed by atoms with E-state index in [-0.39, 0.29) is 37.8 Å². The summed E-state index contributed by atoms with van der Waals surface area (Å²) in [5.41, 5.74) is 0.982. The van der Waals surface area contributed by atoms with Crippen molar-refractivity contribution in [3.05, 3.63) is 29.8 Å². The van der Waals surface area contributed by atoms with Crippen molar-refractivity contribution in [3.8, 4) is 0 Å². The zero-order valence-corrected chi connectivity index (χ0v) is 19.3. The van der Waals surface area contributed by atoms with Crippen LogP contribution in [-0.2, 0) is 18.9 Å². The molecule has 0 aromatic heterocycles.